The normalized spacial score (nSPS) is 10.0. The van der Waals surface area contributed by atoms with E-state index in [0.29, 0.717) is 12.3 Å². The molecular formula is C9H14N2O2. The Kier molecular flexibility index (Phi) is 3.52. The van der Waals surface area contributed by atoms with Crippen LogP contribution in [0.2, 0.25) is 0 Å². The van der Waals surface area contributed by atoms with Gasteiger partial charge in [0, 0.05) is 13.1 Å². The van der Waals surface area contributed by atoms with Crippen LogP contribution in [-0.2, 0) is 0 Å². The first-order chi connectivity index (χ1) is 6.24. The van der Waals surface area contributed by atoms with Crippen LogP contribution in [0.4, 0.5) is 0 Å². The lowest BCUT2D eigenvalue weighted by molar-refractivity contribution is 0.0925. The highest BCUT2D eigenvalue weighted by Crippen LogP contribution is 2.05. The summed E-state index contributed by atoms with van der Waals surface area (Å²) < 4.78 is 5.14. The molecule has 13 heavy (non-hydrogen) atoms. The van der Waals surface area contributed by atoms with Crippen molar-refractivity contribution in [3.05, 3.63) is 23.7 Å². The Bertz CT molecular complexity index is 281. The third kappa shape index (κ3) is 2.91. The van der Waals surface area contributed by atoms with Crippen LogP contribution in [0.5, 0.6) is 0 Å². The fraction of sp³-hybridized carbons (Fsp3) is 0.444. The second kappa shape index (κ2) is 4.67. The summed E-state index contributed by atoms with van der Waals surface area (Å²) in [6.07, 6.45) is 0. The summed E-state index contributed by atoms with van der Waals surface area (Å²) in [4.78, 5) is 11.3. The number of carbonyl (C=O) groups is 1. The molecule has 4 nitrogen and oxygen atoms in total. The Labute approximate surface area is 77.3 Å². The number of likely N-dealkylation sites (N-methyl/N-ethyl adjacent to an activating group) is 1. The van der Waals surface area contributed by atoms with Gasteiger partial charge in [0.15, 0.2) is 5.76 Å². The minimum Gasteiger partial charge on any atom is -0.456 e. The minimum absolute atomic E-state index is 0.164. The Morgan fingerprint density at radius 1 is 1.46 bits per heavy atom. The van der Waals surface area contributed by atoms with Crippen LogP contribution >= 0.6 is 0 Å². The summed E-state index contributed by atoms with van der Waals surface area (Å²) >= 11 is 0. The summed E-state index contributed by atoms with van der Waals surface area (Å²) in [7, 11) is 1.84. The lowest BCUT2D eigenvalue weighted by Crippen LogP contribution is -2.30. The van der Waals surface area contributed by atoms with Gasteiger partial charge in [-0.25, -0.2) is 0 Å². The van der Waals surface area contributed by atoms with Gasteiger partial charge in [0.25, 0.3) is 5.91 Å². The van der Waals surface area contributed by atoms with E-state index < -0.39 is 0 Å². The fourth-order valence-corrected chi connectivity index (χ4v) is 0.945. The van der Waals surface area contributed by atoms with E-state index in [1.807, 2.05) is 14.0 Å². The minimum atomic E-state index is -0.164. The molecule has 1 heterocycles. The van der Waals surface area contributed by atoms with Crippen molar-refractivity contribution in [3.63, 3.8) is 0 Å². The van der Waals surface area contributed by atoms with Gasteiger partial charge >= 0.3 is 0 Å². The molecule has 0 aromatic carbocycles. The topological polar surface area (TPSA) is 54.3 Å². The molecule has 2 N–H and O–H groups in total. The van der Waals surface area contributed by atoms with E-state index in [0.717, 1.165) is 12.3 Å². The fourth-order valence-electron chi connectivity index (χ4n) is 0.945. The van der Waals surface area contributed by atoms with Gasteiger partial charge in [-0.3, -0.25) is 4.79 Å². The Morgan fingerprint density at radius 2 is 2.23 bits per heavy atom. The molecule has 0 bridgehead atoms. The molecule has 1 aromatic rings. The highest BCUT2D eigenvalue weighted by Gasteiger charge is 2.07. The first-order valence-electron chi connectivity index (χ1n) is 4.23. The van der Waals surface area contributed by atoms with Crippen LogP contribution in [0.1, 0.15) is 16.3 Å². The van der Waals surface area contributed by atoms with Crippen molar-refractivity contribution in [2.24, 2.45) is 0 Å². The number of hydrogen-bond acceptors (Lipinski definition) is 3. The Morgan fingerprint density at radius 3 is 2.77 bits per heavy atom. The van der Waals surface area contributed by atoms with Gasteiger partial charge in [0.1, 0.15) is 5.76 Å². The lowest BCUT2D eigenvalue weighted by atomic mass is 10.4. The van der Waals surface area contributed by atoms with Gasteiger partial charge in [-0.05, 0) is 26.1 Å². The zero-order chi connectivity index (χ0) is 9.68. The third-order valence-corrected chi connectivity index (χ3v) is 1.62. The maximum atomic E-state index is 11.3. The van der Waals surface area contributed by atoms with Gasteiger partial charge in [0.2, 0.25) is 0 Å². The zero-order valence-corrected chi connectivity index (χ0v) is 7.89. The summed E-state index contributed by atoms with van der Waals surface area (Å²) in [5.41, 5.74) is 0. The highest BCUT2D eigenvalue weighted by molar-refractivity contribution is 5.91. The molecule has 0 saturated carbocycles. The average Bonchev–Trinajstić information content (AvgIpc) is 2.52. The summed E-state index contributed by atoms with van der Waals surface area (Å²) in [5, 5.41) is 5.65. The number of carbonyl (C=O) groups excluding carboxylic acids is 1. The second-order valence-corrected chi connectivity index (χ2v) is 2.77. The number of hydrogen-bond donors (Lipinski definition) is 2. The first-order valence-corrected chi connectivity index (χ1v) is 4.23. The van der Waals surface area contributed by atoms with Gasteiger partial charge in [0.05, 0.1) is 0 Å². The van der Waals surface area contributed by atoms with Crippen molar-refractivity contribution in [2.45, 2.75) is 6.92 Å². The molecule has 0 aliphatic carbocycles. The van der Waals surface area contributed by atoms with Crippen LogP contribution in [0, 0.1) is 6.92 Å². The molecule has 1 rings (SSSR count). The molecule has 0 spiro atoms. The maximum Gasteiger partial charge on any atom is 0.287 e. The Balaban J connectivity index is 2.40. The summed E-state index contributed by atoms with van der Waals surface area (Å²) in [6, 6.07) is 3.44. The smallest absolute Gasteiger partial charge is 0.287 e. The van der Waals surface area contributed by atoms with E-state index >= 15 is 0 Å². The van der Waals surface area contributed by atoms with Gasteiger partial charge in [-0.2, -0.15) is 0 Å². The Hall–Kier alpha value is -1.29. The summed E-state index contributed by atoms with van der Waals surface area (Å²) in [6.45, 7) is 3.17. The monoisotopic (exact) mass is 182 g/mol. The van der Waals surface area contributed by atoms with Crippen molar-refractivity contribution in [1.29, 1.82) is 0 Å². The zero-order valence-electron chi connectivity index (χ0n) is 7.89. The number of amides is 1. The van der Waals surface area contributed by atoms with E-state index in [4.69, 9.17) is 4.42 Å². The molecule has 1 aromatic heterocycles. The SMILES string of the molecule is CNCCNC(=O)c1ccc(C)o1. The molecule has 0 radical (unpaired) electrons. The van der Waals surface area contributed by atoms with Gasteiger partial charge < -0.3 is 15.1 Å². The van der Waals surface area contributed by atoms with Crippen LogP contribution < -0.4 is 10.6 Å². The van der Waals surface area contributed by atoms with Gasteiger partial charge in [-0.15, -0.1) is 0 Å². The number of nitrogens with one attached hydrogen (secondary N) is 2. The summed E-state index contributed by atoms with van der Waals surface area (Å²) in [5.74, 6) is 0.954. The van der Waals surface area contributed by atoms with Crippen LogP contribution in [-0.4, -0.2) is 26.0 Å². The second-order valence-electron chi connectivity index (χ2n) is 2.77. The largest absolute Gasteiger partial charge is 0.456 e. The van der Waals surface area contributed by atoms with Crippen molar-refractivity contribution in [2.75, 3.05) is 20.1 Å². The van der Waals surface area contributed by atoms with E-state index in [9.17, 15) is 4.79 Å². The van der Waals surface area contributed by atoms with E-state index in [1.54, 1.807) is 12.1 Å². The molecule has 1 amide bonds. The van der Waals surface area contributed by atoms with Gasteiger partial charge in [-0.1, -0.05) is 0 Å². The molecule has 0 aliphatic heterocycles. The third-order valence-electron chi connectivity index (χ3n) is 1.62. The molecule has 4 heteroatoms. The van der Waals surface area contributed by atoms with Crippen LogP contribution in [0.15, 0.2) is 16.5 Å². The van der Waals surface area contributed by atoms with E-state index in [-0.39, 0.29) is 5.91 Å². The van der Waals surface area contributed by atoms with Crippen LogP contribution in [0.3, 0.4) is 0 Å². The number of furan rings is 1. The van der Waals surface area contributed by atoms with Crippen molar-refractivity contribution < 1.29 is 9.21 Å². The quantitative estimate of drug-likeness (QED) is 0.668. The molecule has 0 saturated heterocycles. The van der Waals surface area contributed by atoms with Crippen LogP contribution in [0.25, 0.3) is 0 Å². The van der Waals surface area contributed by atoms with Crippen molar-refractivity contribution >= 4 is 5.91 Å². The predicted octanol–water partition coefficient (Wildman–Crippen LogP) is 0.537. The number of aryl methyl sites for hydroxylation is 1. The molecular weight excluding hydrogens is 168 g/mol. The van der Waals surface area contributed by atoms with E-state index in [2.05, 4.69) is 10.6 Å². The van der Waals surface area contributed by atoms with Crippen molar-refractivity contribution in [1.82, 2.24) is 10.6 Å². The maximum absolute atomic E-state index is 11.3. The molecule has 0 aliphatic rings. The molecule has 0 fully saturated rings. The number of rotatable bonds is 4. The molecule has 72 valence electrons. The molecule has 0 unspecified atom stereocenters. The standard InChI is InChI=1S/C9H14N2O2/c1-7-3-4-8(13-7)9(12)11-6-5-10-2/h3-4,10H,5-6H2,1-2H3,(H,11,12). The molecule has 0 atom stereocenters. The first kappa shape index (κ1) is 9.80. The average molecular weight is 182 g/mol. The van der Waals surface area contributed by atoms with E-state index in [1.165, 1.54) is 0 Å². The lowest BCUT2D eigenvalue weighted by Gasteiger charge is -2.01. The predicted molar refractivity (Wildman–Crippen MR) is 49.7 cm³/mol. The van der Waals surface area contributed by atoms with Crippen molar-refractivity contribution in [3.8, 4) is 0 Å². The highest BCUT2D eigenvalue weighted by atomic mass is 16.3.